The number of hydrogen-bond acceptors (Lipinski definition) is 3. The van der Waals surface area contributed by atoms with E-state index in [2.05, 4.69) is 4.72 Å². The molecular weight excluding hydrogens is 367 g/mol. The molecule has 3 rings (SSSR count). The van der Waals surface area contributed by atoms with Gasteiger partial charge in [-0.3, -0.25) is 4.79 Å². The molecule has 2 aromatic rings. The van der Waals surface area contributed by atoms with E-state index in [0.717, 1.165) is 0 Å². The molecule has 0 spiro atoms. The number of rotatable bonds is 4. The monoisotopic (exact) mass is 382 g/mol. The second kappa shape index (κ2) is 6.74. The molecule has 0 aromatic heterocycles. The van der Waals surface area contributed by atoms with Crippen molar-refractivity contribution in [3.05, 3.63) is 58.9 Å². The van der Waals surface area contributed by atoms with E-state index < -0.39 is 21.9 Å². The van der Waals surface area contributed by atoms with Crippen molar-refractivity contribution in [1.82, 2.24) is 4.72 Å². The summed E-state index contributed by atoms with van der Waals surface area (Å²) >= 11 is 5.98. The molecule has 1 aliphatic rings. The fraction of sp³-hybridized carbons (Fsp3) is 0.235. The second-order valence-corrected chi connectivity index (χ2v) is 7.88. The van der Waals surface area contributed by atoms with E-state index in [1.165, 1.54) is 35.2 Å². The van der Waals surface area contributed by atoms with E-state index in [0.29, 0.717) is 29.2 Å². The van der Waals surface area contributed by atoms with Crippen molar-refractivity contribution in [2.75, 3.05) is 11.4 Å². The van der Waals surface area contributed by atoms with E-state index in [1.54, 1.807) is 19.1 Å². The molecule has 1 atom stereocenters. The first-order chi connectivity index (χ1) is 11.8. The van der Waals surface area contributed by atoms with E-state index in [-0.39, 0.29) is 10.8 Å². The van der Waals surface area contributed by atoms with Crippen molar-refractivity contribution >= 4 is 33.2 Å². The Morgan fingerprint density at radius 2 is 1.88 bits per heavy atom. The van der Waals surface area contributed by atoms with Crippen LogP contribution in [0.1, 0.15) is 12.0 Å². The van der Waals surface area contributed by atoms with Crippen LogP contribution >= 0.6 is 11.6 Å². The van der Waals surface area contributed by atoms with Gasteiger partial charge in [-0.15, -0.1) is 0 Å². The fourth-order valence-electron chi connectivity index (χ4n) is 2.80. The SMILES string of the molecule is Cc1c(Cl)cccc1S(=O)(=O)NC1CCN(c2ccc(F)cc2)C1=O. The van der Waals surface area contributed by atoms with Crippen molar-refractivity contribution < 1.29 is 17.6 Å². The summed E-state index contributed by atoms with van der Waals surface area (Å²) in [5, 5.41) is 0.341. The van der Waals surface area contributed by atoms with Gasteiger partial charge in [-0.1, -0.05) is 17.7 Å². The molecule has 0 aliphatic carbocycles. The molecule has 0 saturated carbocycles. The molecule has 132 valence electrons. The first kappa shape index (κ1) is 17.8. The number of carbonyl (C=O) groups excluding carboxylic acids is 1. The number of nitrogens with zero attached hydrogens (tertiary/aromatic N) is 1. The van der Waals surface area contributed by atoms with E-state index in [4.69, 9.17) is 11.6 Å². The molecular formula is C17H16ClFN2O3S. The van der Waals surface area contributed by atoms with E-state index >= 15 is 0 Å². The quantitative estimate of drug-likeness (QED) is 0.884. The number of benzene rings is 2. The lowest BCUT2D eigenvalue weighted by atomic mass is 10.2. The fourth-order valence-corrected chi connectivity index (χ4v) is 4.52. The van der Waals surface area contributed by atoms with Crippen LogP contribution in [0.2, 0.25) is 5.02 Å². The number of nitrogens with one attached hydrogen (secondary N) is 1. The molecule has 1 heterocycles. The van der Waals surface area contributed by atoms with Gasteiger partial charge in [0.05, 0.1) is 4.90 Å². The van der Waals surface area contributed by atoms with Gasteiger partial charge in [-0.25, -0.2) is 12.8 Å². The average Bonchev–Trinajstić information content (AvgIpc) is 2.91. The lowest BCUT2D eigenvalue weighted by Crippen LogP contribution is -2.41. The highest BCUT2D eigenvalue weighted by Gasteiger charge is 2.36. The number of anilines is 1. The molecule has 1 N–H and O–H groups in total. The van der Waals surface area contributed by atoms with Crippen LogP contribution in [0.25, 0.3) is 0 Å². The highest BCUT2D eigenvalue weighted by molar-refractivity contribution is 7.89. The van der Waals surface area contributed by atoms with Crippen LogP contribution < -0.4 is 9.62 Å². The first-order valence-electron chi connectivity index (χ1n) is 7.64. The third-order valence-corrected chi connectivity index (χ3v) is 6.17. The van der Waals surface area contributed by atoms with Crippen LogP contribution in [0.3, 0.4) is 0 Å². The summed E-state index contributed by atoms with van der Waals surface area (Å²) in [5.41, 5.74) is 0.963. The highest BCUT2D eigenvalue weighted by Crippen LogP contribution is 2.25. The van der Waals surface area contributed by atoms with Crippen LogP contribution in [0, 0.1) is 12.7 Å². The number of halogens is 2. The lowest BCUT2D eigenvalue weighted by Gasteiger charge is -2.18. The van der Waals surface area contributed by atoms with Crippen molar-refractivity contribution in [2.24, 2.45) is 0 Å². The Morgan fingerprint density at radius 3 is 2.56 bits per heavy atom. The predicted octanol–water partition coefficient (Wildman–Crippen LogP) is 2.87. The molecule has 1 unspecified atom stereocenters. The number of hydrogen-bond donors (Lipinski definition) is 1. The average molecular weight is 383 g/mol. The van der Waals surface area contributed by atoms with Crippen LogP contribution in [0.5, 0.6) is 0 Å². The Labute approximate surface area is 150 Å². The highest BCUT2D eigenvalue weighted by atomic mass is 35.5. The zero-order valence-electron chi connectivity index (χ0n) is 13.4. The van der Waals surface area contributed by atoms with Crippen molar-refractivity contribution in [1.29, 1.82) is 0 Å². The van der Waals surface area contributed by atoms with E-state index in [1.807, 2.05) is 0 Å². The molecule has 1 amide bonds. The summed E-state index contributed by atoms with van der Waals surface area (Å²) in [6.07, 6.45) is 0.328. The maximum absolute atomic E-state index is 13.0. The molecule has 1 fully saturated rings. The lowest BCUT2D eigenvalue weighted by molar-refractivity contribution is -0.118. The van der Waals surface area contributed by atoms with Crippen LogP contribution in [0.15, 0.2) is 47.4 Å². The number of amides is 1. The summed E-state index contributed by atoms with van der Waals surface area (Å²) in [6.45, 7) is 1.96. The normalized spacial score (nSPS) is 18.0. The third-order valence-electron chi connectivity index (χ3n) is 4.15. The summed E-state index contributed by atoms with van der Waals surface area (Å²) in [6, 6.07) is 9.23. The Morgan fingerprint density at radius 1 is 1.20 bits per heavy atom. The van der Waals surface area contributed by atoms with E-state index in [9.17, 15) is 17.6 Å². The number of sulfonamides is 1. The molecule has 1 saturated heterocycles. The van der Waals surface area contributed by atoms with Crippen molar-refractivity contribution in [3.8, 4) is 0 Å². The first-order valence-corrected chi connectivity index (χ1v) is 9.50. The minimum atomic E-state index is -3.88. The number of carbonyl (C=O) groups is 1. The van der Waals surface area contributed by atoms with Crippen LogP contribution in [-0.2, 0) is 14.8 Å². The van der Waals surface area contributed by atoms with Gasteiger partial charge in [-0.2, -0.15) is 4.72 Å². The van der Waals surface area contributed by atoms with Gasteiger partial charge in [0.2, 0.25) is 15.9 Å². The Bertz CT molecular complexity index is 916. The minimum Gasteiger partial charge on any atom is -0.311 e. The maximum Gasteiger partial charge on any atom is 0.245 e. The third kappa shape index (κ3) is 3.53. The molecule has 8 heteroatoms. The van der Waals surface area contributed by atoms with Gasteiger partial charge in [0, 0.05) is 17.3 Å². The predicted molar refractivity (Wildman–Crippen MR) is 93.7 cm³/mol. The van der Waals surface area contributed by atoms with Crippen molar-refractivity contribution in [3.63, 3.8) is 0 Å². The molecule has 25 heavy (non-hydrogen) atoms. The van der Waals surface area contributed by atoms with Gasteiger partial charge in [0.1, 0.15) is 11.9 Å². The summed E-state index contributed by atoms with van der Waals surface area (Å²) in [4.78, 5) is 14.0. The van der Waals surface area contributed by atoms with Gasteiger partial charge < -0.3 is 4.90 Å². The van der Waals surface area contributed by atoms with Crippen LogP contribution in [-0.4, -0.2) is 26.9 Å². The molecule has 0 bridgehead atoms. The molecule has 5 nitrogen and oxygen atoms in total. The zero-order chi connectivity index (χ0) is 18.2. The standard InChI is InChI=1S/C17H16ClFN2O3S/c1-11-14(18)3-2-4-16(11)25(23,24)20-15-9-10-21(17(15)22)13-7-5-12(19)6-8-13/h2-8,15,20H,9-10H2,1H3. The Kier molecular flexibility index (Phi) is 4.81. The zero-order valence-corrected chi connectivity index (χ0v) is 14.9. The van der Waals surface area contributed by atoms with Crippen LogP contribution in [0.4, 0.5) is 10.1 Å². The molecule has 2 aromatic carbocycles. The second-order valence-electron chi connectivity index (χ2n) is 5.79. The van der Waals surface area contributed by atoms with Crippen molar-refractivity contribution in [2.45, 2.75) is 24.3 Å². The maximum atomic E-state index is 13.0. The molecule has 0 radical (unpaired) electrons. The Hall–Kier alpha value is -1.96. The topological polar surface area (TPSA) is 66.5 Å². The largest absolute Gasteiger partial charge is 0.311 e. The summed E-state index contributed by atoms with van der Waals surface area (Å²) in [5.74, 6) is -0.765. The van der Waals surface area contributed by atoms with Gasteiger partial charge in [-0.05, 0) is 55.3 Å². The Balaban J connectivity index is 1.81. The molecule has 1 aliphatic heterocycles. The smallest absolute Gasteiger partial charge is 0.245 e. The van der Waals surface area contributed by atoms with Gasteiger partial charge in [0.25, 0.3) is 0 Å². The van der Waals surface area contributed by atoms with Gasteiger partial charge >= 0.3 is 0 Å². The van der Waals surface area contributed by atoms with Gasteiger partial charge in [0.15, 0.2) is 0 Å². The summed E-state index contributed by atoms with van der Waals surface area (Å²) in [7, 11) is -3.88. The summed E-state index contributed by atoms with van der Waals surface area (Å²) < 4.78 is 40.7. The minimum absolute atomic E-state index is 0.0491.